The highest BCUT2D eigenvalue weighted by atomic mass is 79.9. The molecule has 16 heavy (non-hydrogen) atoms. The Morgan fingerprint density at radius 2 is 2.25 bits per heavy atom. The van der Waals surface area contributed by atoms with E-state index in [-0.39, 0.29) is 0 Å². The van der Waals surface area contributed by atoms with Gasteiger partial charge in [0.15, 0.2) is 0 Å². The van der Waals surface area contributed by atoms with Crippen LogP contribution in [0, 0.1) is 0 Å². The molecule has 2 aromatic rings. The van der Waals surface area contributed by atoms with Crippen LogP contribution in [0.4, 0.5) is 5.69 Å². The van der Waals surface area contributed by atoms with Gasteiger partial charge in [0, 0.05) is 23.3 Å². The summed E-state index contributed by atoms with van der Waals surface area (Å²) >= 11 is 11.0. The van der Waals surface area contributed by atoms with Crippen molar-refractivity contribution in [1.82, 2.24) is 4.98 Å². The maximum absolute atomic E-state index is 5.79. The third-order valence-electron chi connectivity index (χ3n) is 2.06. The van der Waals surface area contributed by atoms with Gasteiger partial charge in [-0.05, 0) is 46.6 Å². The summed E-state index contributed by atoms with van der Waals surface area (Å²) in [7, 11) is 0. The molecule has 0 bridgehead atoms. The minimum absolute atomic E-state index is 0.517. The van der Waals surface area contributed by atoms with Crippen LogP contribution in [0.15, 0.2) is 34.2 Å². The molecular formula is C11H10BrClN2S. The predicted octanol–water partition coefficient (Wildman–Crippen LogP) is 4.21. The van der Waals surface area contributed by atoms with Crippen LogP contribution in [0.3, 0.4) is 0 Å². The van der Waals surface area contributed by atoms with Crippen molar-refractivity contribution in [2.45, 2.75) is 6.42 Å². The molecular weight excluding hydrogens is 308 g/mol. The minimum atomic E-state index is 0.517. The Morgan fingerprint density at radius 1 is 1.38 bits per heavy atom. The molecule has 0 saturated carbocycles. The molecule has 0 aliphatic heterocycles. The first-order valence-corrected chi connectivity index (χ1v) is 6.82. The van der Waals surface area contributed by atoms with Gasteiger partial charge < -0.3 is 5.32 Å². The van der Waals surface area contributed by atoms with E-state index in [9.17, 15) is 0 Å². The monoisotopic (exact) mass is 316 g/mol. The lowest BCUT2D eigenvalue weighted by Crippen LogP contribution is -2.03. The Hall–Kier alpha value is -0.580. The Balaban J connectivity index is 1.84. The quantitative estimate of drug-likeness (QED) is 0.854. The molecule has 0 aromatic carbocycles. The molecule has 2 aromatic heterocycles. The molecule has 0 radical (unpaired) electrons. The van der Waals surface area contributed by atoms with E-state index in [1.165, 1.54) is 8.66 Å². The second-order valence-electron chi connectivity index (χ2n) is 3.25. The number of halogens is 2. The van der Waals surface area contributed by atoms with Crippen LogP contribution in [0.2, 0.25) is 5.15 Å². The lowest BCUT2D eigenvalue weighted by molar-refractivity contribution is 1.04. The molecule has 0 unspecified atom stereocenters. The number of hydrogen-bond acceptors (Lipinski definition) is 3. The van der Waals surface area contributed by atoms with Crippen molar-refractivity contribution in [3.8, 4) is 0 Å². The molecule has 2 rings (SSSR count). The van der Waals surface area contributed by atoms with Gasteiger partial charge in [-0.25, -0.2) is 4.98 Å². The second kappa shape index (κ2) is 5.66. The van der Waals surface area contributed by atoms with Crippen molar-refractivity contribution < 1.29 is 0 Å². The van der Waals surface area contributed by atoms with E-state index < -0.39 is 0 Å². The molecule has 0 aliphatic rings. The third kappa shape index (κ3) is 3.47. The molecule has 5 heteroatoms. The highest BCUT2D eigenvalue weighted by Gasteiger charge is 1.98. The van der Waals surface area contributed by atoms with Crippen molar-refractivity contribution in [3.05, 3.63) is 44.3 Å². The first-order chi connectivity index (χ1) is 7.74. The van der Waals surface area contributed by atoms with E-state index >= 15 is 0 Å². The molecule has 2 nitrogen and oxygen atoms in total. The predicted molar refractivity (Wildman–Crippen MR) is 73.5 cm³/mol. The zero-order chi connectivity index (χ0) is 11.4. The summed E-state index contributed by atoms with van der Waals surface area (Å²) in [6.45, 7) is 0.896. The van der Waals surface area contributed by atoms with E-state index in [0.29, 0.717) is 5.15 Å². The van der Waals surface area contributed by atoms with E-state index in [2.05, 4.69) is 38.4 Å². The van der Waals surface area contributed by atoms with Gasteiger partial charge in [-0.15, -0.1) is 11.3 Å². The topological polar surface area (TPSA) is 24.9 Å². The summed E-state index contributed by atoms with van der Waals surface area (Å²) < 4.78 is 1.18. The van der Waals surface area contributed by atoms with E-state index in [4.69, 9.17) is 11.6 Å². The normalized spacial score (nSPS) is 10.4. The van der Waals surface area contributed by atoms with Gasteiger partial charge in [-0.1, -0.05) is 11.6 Å². The number of thiophene rings is 1. The highest BCUT2D eigenvalue weighted by Crippen LogP contribution is 2.22. The second-order valence-corrected chi connectivity index (χ2v) is 6.18. The third-order valence-corrected chi connectivity index (χ3v) is 3.95. The maximum Gasteiger partial charge on any atom is 0.131 e. The highest BCUT2D eigenvalue weighted by molar-refractivity contribution is 9.11. The molecule has 0 saturated heterocycles. The lowest BCUT2D eigenvalue weighted by atomic mass is 10.3. The fourth-order valence-electron chi connectivity index (χ4n) is 1.33. The van der Waals surface area contributed by atoms with Gasteiger partial charge in [0.05, 0.1) is 3.79 Å². The number of nitrogens with one attached hydrogen (secondary N) is 1. The van der Waals surface area contributed by atoms with Crippen molar-refractivity contribution >= 4 is 44.6 Å². The van der Waals surface area contributed by atoms with Gasteiger partial charge in [-0.2, -0.15) is 0 Å². The Morgan fingerprint density at radius 3 is 2.94 bits per heavy atom. The molecule has 1 N–H and O–H groups in total. The summed E-state index contributed by atoms with van der Waals surface area (Å²) in [5.41, 5.74) is 1.01. The zero-order valence-corrected chi connectivity index (χ0v) is 11.6. The standard InChI is InChI=1S/C11H10BrClN2S/c12-10-2-1-9(16-10)4-6-14-8-3-5-15-11(13)7-8/h1-3,5,7H,4,6H2,(H,14,15). The Labute approximate surface area is 112 Å². The van der Waals surface area contributed by atoms with Gasteiger partial charge in [0.2, 0.25) is 0 Å². The first-order valence-electron chi connectivity index (χ1n) is 4.84. The minimum Gasteiger partial charge on any atom is -0.385 e. The number of nitrogens with zero attached hydrogens (tertiary/aromatic N) is 1. The van der Waals surface area contributed by atoms with Crippen LogP contribution in [0.25, 0.3) is 0 Å². The average Bonchev–Trinajstić information content (AvgIpc) is 2.64. The van der Waals surface area contributed by atoms with Gasteiger partial charge in [0.1, 0.15) is 5.15 Å². The van der Waals surface area contributed by atoms with Gasteiger partial charge in [0.25, 0.3) is 0 Å². The number of pyridine rings is 1. The summed E-state index contributed by atoms with van der Waals surface area (Å²) in [5, 5.41) is 3.83. The molecule has 0 atom stereocenters. The molecule has 2 heterocycles. The van der Waals surface area contributed by atoms with Gasteiger partial charge >= 0.3 is 0 Å². The summed E-state index contributed by atoms with van der Waals surface area (Å²) in [4.78, 5) is 5.29. The Bertz CT molecular complexity index is 473. The van der Waals surface area contributed by atoms with E-state index in [1.54, 1.807) is 17.5 Å². The van der Waals surface area contributed by atoms with E-state index in [1.807, 2.05) is 12.1 Å². The van der Waals surface area contributed by atoms with Crippen LogP contribution >= 0.6 is 38.9 Å². The molecule has 0 fully saturated rings. The van der Waals surface area contributed by atoms with Crippen LogP contribution in [0.5, 0.6) is 0 Å². The van der Waals surface area contributed by atoms with Crippen LogP contribution in [-0.2, 0) is 6.42 Å². The number of aromatic nitrogens is 1. The summed E-state index contributed by atoms with van der Waals surface area (Å²) in [5.74, 6) is 0. The fraction of sp³-hybridized carbons (Fsp3) is 0.182. The van der Waals surface area contributed by atoms with Crippen LogP contribution in [-0.4, -0.2) is 11.5 Å². The smallest absolute Gasteiger partial charge is 0.131 e. The Kier molecular flexibility index (Phi) is 4.21. The fourth-order valence-corrected chi connectivity index (χ4v) is 2.99. The van der Waals surface area contributed by atoms with Crippen molar-refractivity contribution in [3.63, 3.8) is 0 Å². The number of anilines is 1. The largest absolute Gasteiger partial charge is 0.385 e. The van der Waals surface area contributed by atoms with Crippen LogP contribution in [0.1, 0.15) is 4.88 Å². The SMILES string of the molecule is Clc1cc(NCCc2ccc(Br)s2)ccn1. The molecule has 84 valence electrons. The first kappa shape index (κ1) is 11.9. The summed E-state index contributed by atoms with van der Waals surface area (Å²) in [6, 6.07) is 7.95. The van der Waals surface area contributed by atoms with Crippen molar-refractivity contribution in [1.29, 1.82) is 0 Å². The van der Waals surface area contributed by atoms with E-state index in [0.717, 1.165) is 18.7 Å². The number of hydrogen-bond donors (Lipinski definition) is 1. The zero-order valence-electron chi connectivity index (χ0n) is 8.41. The van der Waals surface area contributed by atoms with Gasteiger partial charge in [-0.3, -0.25) is 0 Å². The maximum atomic E-state index is 5.79. The van der Waals surface area contributed by atoms with Crippen molar-refractivity contribution in [2.24, 2.45) is 0 Å². The number of rotatable bonds is 4. The molecule has 0 spiro atoms. The molecule has 0 aliphatic carbocycles. The average molecular weight is 318 g/mol. The lowest BCUT2D eigenvalue weighted by Gasteiger charge is -2.04. The van der Waals surface area contributed by atoms with Crippen LogP contribution < -0.4 is 5.32 Å². The molecule has 0 amide bonds. The van der Waals surface area contributed by atoms with Crippen molar-refractivity contribution in [2.75, 3.05) is 11.9 Å². The summed E-state index contributed by atoms with van der Waals surface area (Å²) in [6.07, 6.45) is 2.71.